The van der Waals surface area contributed by atoms with Gasteiger partial charge in [0.15, 0.2) is 5.75 Å². The largest absolute Gasteiger partial charge is 0.494 e. The van der Waals surface area contributed by atoms with Crippen LogP contribution in [0, 0.1) is 0 Å². The number of hydrogen-bond donors (Lipinski definition) is 1. The molecule has 0 aliphatic carbocycles. The summed E-state index contributed by atoms with van der Waals surface area (Å²) in [5.41, 5.74) is 7.29. The molecule has 94 valence electrons. The van der Waals surface area contributed by atoms with Gasteiger partial charge >= 0.3 is 0 Å². The predicted molar refractivity (Wildman–Crippen MR) is 70.0 cm³/mol. The Bertz CT molecular complexity index is 575. The van der Waals surface area contributed by atoms with Gasteiger partial charge in [0.25, 0.3) is 0 Å². The van der Waals surface area contributed by atoms with Gasteiger partial charge in [-0.15, -0.1) is 0 Å². The van der Waals surface area contributed by atoms with E-state index < -0.39 is 0 Å². The lowest BCUT2D eigenvalue weighted by Gasteiger charge is -2.12. The molecule has 6 heteroatoms. The maximum Gasteiger partial charge on any atom is 0.213 e. The van der Waals surface area contributed by atoms with Crippen molar-refractivity contribution in [1.82, 2.24) is 9.97 Å². The van der Waals surface area contributed by atoms with Crippen molar-refractivity contribution in [1.29, 1.82) is 0 Å². The molecule has 18 heavy (non-hydrogen) atoms. The van der Waals surface area contributed by atoms with Crippen molar-refractivity contribution in [3.05, 3.63) is 29.5 Å². The fourth-order valence-corrected chi connectivity index (χ4v) is 1.86. The van der Waals surface area contributed by atoms with Crippen molar-refractivity contribution in [2.24, 2.45) is 0 Å². The molecule has 2 rings (SSSR count). The first-order chi connectivity index (χ1) is 8.67. The number of rotatable bonds is 3. The molecule has 0 fully saturated rings. The molecule has 0 aliphatic rings. The number of nitrogen functional groups attached to an aromatic ring is 1. The number of nitrogens with two attached hydrogens (primary N) is 1. The molecule has 0 unspecified atom stereocenters. The van der Waals surface area contributed by atoms with Crippen LogP contribution >= 0.6 is 11.6 Å². The summed E-state index contributed by atoms with van der Waals surface area (Å²) < 4.78 is 10.3. The fraction of sp³-hybridized carbons (Fsp3) is 0.167. The van der Waals surface area contributed by atoms with Gasteiger partial charge in [-0.3, -0.25) is 0 Å². The number of pyridine rings is 2. The lowest BCUT2D eigenvalue weighted by Crippen LogP contribution is -1.99. The molecule has 2 N–H and O–H groups in total. The van der Waals surface area contributed by atoms with Gasteiger partial charge in [0.1, 0.15) is 10.8 Å². The lowest BCUT2D eigenvalue weighted by atomic mass is 10.1. The maximum atomic E-state index is 6.04. The van der Waals surface area contributed by atoms with E-state index >= 15 is 0 Å². The Kier molecular flexibility index (Phi) is 3.53. The summed E-state index contributed by atoms with van der Waals surface area (Å²) in [6.07, 6.45) is 3.07. The summed E-state index contributed by atoms with van der Waals surface area (Å²) in [4.78, 5) is 8.06. The molecule has 0 aromatic carbocycles. The number of halogens is 1. The summed E-state index contributed by atoms with van der Waals surface area (Å²) in [7, 11) is 3.07. The molecule has 0 radical (unpaired) electrons. The zero-order chi connectivity index (χ0) is 13.1. The normalized spacial score (nSPS) is 10.2. The van der Waals surface area contributed by atoms with E-state index in [1.807, 2.05) is 0 Å². The fourth-order valence-electron chi connectivity index (χ4n) is 1.64. The number of hydrogen-bond acceptors (Lipinski definition) is 5. The SMILES string of the molecule is COc1cc(-c2c(N)ncc(Cl)c2OC)ccn1. The third-order valence-electron chi connectivity index (χ3n) is 2.45. The molecule has 0 saturated carbocycles. The van der Waals surface area contributed by atoms with Gasteiger partial charge in [-0.05, 0) is 11.6 Å². The predicted octanol–water partition coefficient (Wildman–Crippen LogP) is 2.40. The number of nitrogens with zero attached hydrogens (tertiary/aromatic N) is 2. The van der Waals surface area contributed by atoms with Crippen LogP contribution in [0.1, 0.15) is 0 Å². The number of aromatic nitrogens is 2. The molecule has 0 atom stereocenters. The second-order valence-electron chi connectivity index (χ2n) is 3.49. The van der Waals surface area contributed by atoms with Crippen LogP contribution < -0.4 is 15.2 Å². The smallest absolute Gasteiger partial charge is 0.213 e. The minimum absolute atomic E-state index is 0.338. The number of anilines is 1. The average molecular weight is 266 g/mol. The third-order valence-corrected chi connectivity index (χ3v) is 2.72. The highest BCUT2D eigenvalue weighted by atomic mass is 35.5. The molecule has 0 aliphatic heterocycles. The van der Waals surface area contributed by atoms with E-state index in [2.05, 4.69) is 9.97 Å². The molecule has 0 spiro atoms. The maximum absolute atomic E-state index is 6.04. The van der Waals surface area contributed by atoms with Crippen LogP contribution in [0.2, 0.25) is 5.02 Å². The van der Waals surface area contributed by atoms with Crippen molar-refractivity contribution in [2.45, 2.75) is 0 Å². The summed E-state index contributed by atoms with van der Waals surface area (Å²) in [6, 6.07) is 3.53. The molecule has 5 nitrogen and oxygen atoms in total. The monoisotopic (exact) mass is 265 g/mol. The van der Waals surface area contributed by atoms with Gasteiger partial charge in [0, 0.05) is 12.3 Å². The Balaban J connectivity index is 2.65. The van der Waals surface area contributed by atoms with Gasteiger partial charge in [0.2, 0.25) is 5.88 Å². The van der Waals surface area contributed by atoms with Crippen molar-refractivity contribution in [3.8, 4) is 22.8 Å². The Morgan fingerprint density at radius 3 is 2.67 bits per heavy atom. The minimum atomic E-state index is 0.338. The molecule has 2 aromatic heterocycles. The van der Waals surface area contributed by atoms with E-state index in [-0.39, 0.29) is 0 Å². The van der Waals surface area contributed by atoms with E-state index in [0.29, 0.717) is 28.0 Å². The van der Waals surface area contributed by atoms with Crippen molar-refractivity contribution < 1.29 is 9.47 Å². The zero-order valence-corrected chi connectivity index (χ0v) is 10.7. The Hall–Kier alpha value is -2.01. The second-order valence-corrected chi connectivity index (χ2v) is 3.89. The first kappa shape index (κ1) is 12.4. The Morgan fingerprint density at radius 2 is 2.00 bits per heavy atom. The van der Waals surface area contributed by atoms with Crippen molar-refractivity contribution in [2.75, 3.05) is 20.0 Å². The Morgan fingerprint density at radius 1 is 1.22 bits per heavy atom. The van der Waals surface area contributed by atoms with E-state index in [4.69, 9.17) is 26.8 Å². The van der Waals surface area contributed by atoms with Crippen LogP contribution in [0.4, 0.5) is 5.82 Å². The Labute approximate surface area is 110 Å². The highest BCUT2D eigenvalue weighted by Crippen LogP contribution is 2.39. The van der Waals surface area contributed by atoms with E-state index in [0.717, 1.165) is 5.56 Å². The second kappa shape index (κ2) is 5.10. The van der Waals surface area contributed by atoms with Crippen LogP contribution in [-0.2, 0) is 0 Å². The number of ether oxygens (including phenoxy) is 2. The van der Waals surface area contributed by atoms with Crippen molar-refractivity contribution in [3.63, 3.8) is 0 Å². The summed E-state index contributed by atoms with van der Waals surface area (Å²) in [5, 5.41) is 0.400. The van der Waals surface area contributed by atoms with Gasteiger partial charge in [-0.1, -0.05) is 11.6 Å². The first-order valence-electron chi connectivity index (χ1n) is 5.15. The van der Waals surface area contributed by atoms with Gasteiger partial charge in [-0.25, -0.2) is 9.97 Å². The zero-order valence-electron chi connectivity index (χ0n) is 9.98. The van der Waals surface area contributed by atoms with Gasteiger partial charge in [-0.2, -0.15) is 0 Å². The molecule has 0 amide bonds. The average Bonchev–Trinajstić information content (AvgIpc) is 2.41. The molecular weight excluding hydrogens is 254 g/mol. The molecule has 0 saturated heterocycles. The van der Waals surface area contributed by atoms with Gasteiger partial charge in [0.05, 0.1) is 26.0 Å². The first-order valence-corrected chi connectivity index (χ1v) is 5.53. The van der Waals surface area contributed by atoms with Crippen LogP contribution in [0.15, 0.2) is 24.5 Å². The molecule has 2 aromatic rings. The molecular formula is C12H12ClN3O2. The van der Waals surface area contributed by atoms with Gasteiger partial charge < -0.3 is 15.2 Å². The highest BCUT2D eigenvalue weighted by Gasteiger charge is 2.15. The van der Waals surface area contributed by atoms with Crippen molar-refractivity contribution >= 4 is 17.4 Å². The summed E-state index contributed by atoms with van der Waals surface area (Å²) >= 11 is 6.04. The standard InChI is InChI=1S/C12H12ClN3O2/c1-17-9-5-7(3-4-15-9)10-11(18-2)8(13)6-16-12(10)14/h3-6H,1-2H3,(H2,14,16). The summed E-state index contributed by atoms with van der Waals surface area (Å²) in [5.74, 6) is 1.30. The van der Waals surface area contributed by atoms with Crippen LogP contribution in [0.5, 0.6) is 11.6 Å². The van der Waals surface area contributed by atoms with Crippen LogP contribution in [-0.4, -0.2) is 24.2 Å². The van der Waals surface area contributed by atoms with E-state index in [1.54, 1.807) is 25.4 Å². The van der Waals surface area contributed by atoms with Crippen LogP contribution in [0.25, 0.3) is 11.1 Å². The summed E-state index contributed by atoms with van der Waals surface area (Å²) in [6.45, 7) is 0. The molecule has 2 heterocycles. The van der Waals surface area contributed by atoms with E-state index in [1.165, 1.54) is 13.3 Å². The quantitative estimate of drug-likeness (QED) is 0.923. The van der Waals surface area contributed by atoms with Crippen LogP contribution in [0.3, 0.4) is 0 Å². The van der Waals surface area contributed by atoms with E-state index in [9.17, 15) is 0 Å². The lowest BCUT2D eigenvalue weighted by molar-refractivity contribution is 0.398. The highest BCUT2D eigenvalue weighted by molar-refractivity contribution is 6.32. The minimum Gasteiger partial charge on any atom is -0.494 e. The number of methoxy groups -OCH3 is 2. The third kappa shape index (κ3) is 2.17. The molecule has 0 bridgehead atoms. The topological polar surface area (TPSA) is 70.3 Å².